The topological polar surface area (TPSA) is 76.7 Å². The van der Waals surface area contributed by atoms with Gasteiger partial charge in [-0.05, 0) is 65.2 Å². The number of carbonyl (C=O) groups excluding carboxylic acids is 2. The highest BCUT2D eigenvalue weighted by Crippen LogP contribution is 2.34. The Morgan fingerprint density at radius 2 is 1.56 bits per heavy atom. The molecule has 1 aliphatic rings. The minimum atomic E-state index is -0.368. The van der Waals surface area contributed by atoms with Crippen LogP contribution in [0.4, 0.5) is 4.79 Å². The number of imide groups is 1. The van der Waals surface area contributed by atoms with E-state index in [2.05, 4.69) is 29.7 Å². The van der Waals surface area contributed by atoms with Gasteiger partial charge >= 0.3 is 0 Å². The second kappa shape index (κ2) is 10.6. The van der Waals surface area contributed by atoms with Crippen molar-refractivity contribution in [2.24, 2.45) is 0 Å². The minimum Gasteiger partial charge on any atom is -0.493 e. The van der Waals surface area contributed by atoms with Gasteiger partial charge in [0.05, 0.1) is 25.2 Å². The Morgan fingerprint density at radius 3 is 2.24 bits per heavy atom. The molecule has 1 unspecified atom stereocenters. The summed E-state index contributed by atoms with van der Waals surface area (Å²) in [5, 5.41) is 5.68. The summed E-state index contributed by atoms with van der Waals surface area (Å²) in [6.45, 7) is 2.13. The van der Waals surface area contributed by atoms with Gasteiger partial charge in [0.15, 0.2) is 11.5 Å². The van der Waals surface area contributed by atoms with Gasteiger partial charge in [0, 0.05) is 6.04 Å². The molecule has 2 N–H and O–H groups in total. The summed E-state index contributed by atoms with van der Waals surface area (Å²) < 4.78 is 11.0. The third kappa shape index (κ3) is 5.32. The van der Waals surface area contributed by atoms with E-state index in [0.29, 0.717) is 16.4 Å². The van der Waals surface area contributed by atoms with Crippen molar-refractivity contribution in [3.8, 4) is 11.5 Å². The van der Waals surface area contributed by atoms with Crippen LogP contribution in [0.2, 0.25) is 0 Å². The molecule has 0 bridgehead atoms. The van der Waals surface area contributed by atoms with Crippen LogP contribution in [-0.2, 0) is 4.79 Å². The monoisotopic (exact) mass is 474 g/mol. The Morgan fingerprint density at radius 1 is 0.853 bits per heavy atom. The highest BCUT2D eigenvalue weighted by atomic mass is 32.2. The van der Waals surface area contributed by atoms with Gasteiger partial charge in [-0.3, -0.25) is 20.2 Å². The second-order valence-electron chi connectivity index (χ2n) is 7.87. The standard InChI is InChI=1S/C27H26N2O4S/c1-17(19-9-5-4-6-10-19)28-25(21-12-13-22(32-2)23(16-21)33-3)20-11-7-8-18(14-20)15-24-26(30)29-27(31)34-24/h4-17,25,28H,1-3H3,(H,29,30,31)/t17-,25?/m1/s1. The zero-order valence-electron chi connectivity index (χ0n) is 19.2. The molecule has 174 valence electrons. The van der Waals surface area contributed by atoms with E-state index in [1.807, 2.05) is 60.7 Å². The number of methoxy groups -OCH3 is 2. The molecular weight excluding hydrogens is 448 g/mol. The van der Waals surface area contributed by atoms with Crippen molar-refractivity contribution >= 4 is 29.0 Å². The fourth-order valence-corrected chi connectivity index (χ4v) is 4.59. The number of nitrogens with one attached hydrogen (secondary N) is 2. The predicted molar refractivity (Wildman–Crippen MR) is 135 cm³/mol. The Bertz CT molecular complexity index is 1230. The Kier molecular flexibility index (Phi) is 7.35. The van der Waals surface area contributed by atoms with E-state index >= 15 is 0 Å². The van der Waals surface area contributed by atoms with Crippen molar-refractivity contribution < 1.29 is 19.1 Å². The molecule has 0 aromatic heterocycles. The summed E-state index contributed by atoms with van der Waals surface area (Å²) in [6.07, 6.45) is 1.74. The Labute approximate surface area is 203 Å². The first-order valence-electron chi connectivity index (χ1n) is 10.9. The lowest BCUT2D eigenvalue weighted by molar-refractivity contribution is -0.115. The van der Waals surface area contributed by atoms with Crippen LogP contribution in [0.1, 0.15) is 41.3 Å². The smallest absolute Gasteiger partial charge is 0.290 e. The molecule has 3 aromatic carbocycles. The molecule has 0 radical (unpaired) electrons. The first kappa shape index (κ1) is 23.6. The molecule has 1 fully saturated rings. The van der Waals surface area contributed by atoms with Gasteiger partial charge in [0.25, 0.3) is 11.1 Å². The molecular formula is C27H26N2O4S. The van der Waals surface area contributed by atoms with E-state index in [1.54, 1.807) is 20.3 Å². The molecule has 2 atom stereocenters. The number of hydrogen-bond donors (Lipinski definition) is 2. The van der Waals surface area contributed by atoms with Gasteiger partial charge in [-0.25, -0.2) is 0 Å². The summed E-state index contributed by atoms with van der Waals surface area (Å²) in [7, 11) is 3.23. The number of rotatable bonds is 8. The van der Waals surface area contributed by atoms with E-state index < -0.39 is 0 Å². The molecule has 0 aliphatic carbocycles. The minimum absolute atomic E-state index is 0.0649. The van der Waals surface area contributed by atoms with Crippen LogP contribution in [0, 0.1) is 0 Å². The molecule has 3 aromatic rings. The van der Waals surface area contributed by atoms with Crippen molar-refractivity contribution in [1.82, 2.24) is 10.6 Å². The maximum atomic E-state index is 12.0. The van der Waals surface area contributed by atoms with Crippen molar-refractivity contribution in [3.05, 3.63) is 100.0 Å². The number of benzene rings is 3. The van der Waals surface area contributed by atoms with Crippen LogP contribution < -0.4 is 20.1 Å². The van der Waals surface area contributed by atoms with Crippen molar-refractivity contribution in [2.45, 2.75) is 19.0 Å². The van der Waals surface area contributed by atoms with Gasteiger partial charge in [0.2, 0.25) is 0 Å². The van der Waals surface area contributed by atoms with Crippen LogP contribution in [0.5, 0.6) is 11.5 Å². The van der Waals surface area contributed by atoms with Crippen LogP contribution >= 0.6 is 11.8 Å². The normalized spacial score (nSPS) is 16.3. The fraction of sp³-hybridized carbons (Fsp3) is 0.185. The molecule has 1 heterocycles. The highest BCUT2D eigenvalue weighted by Gasteiger charge is 2.25. The molecule has 6 nitrogen and oxygen atoms in total. The zero-order chi connectivity index (χ0) is 24.1. The predicted octanol–water partition coefficient (Wildman–Crippen LogP) is 5.47. The summed E-state index contributed by atoms with van der Waals surface area (Å²) in [5.74, 6) is 0.941. The lowest BCUT2D eigenvalue weighted by Crippen LogP contribution is -2.25. The summed E-state index contributed by atoms with van der Waals surface area (Å²) in [5.41, 5.74) is 4.03. The quantitative estimate of drug-likeness (QED) is 0.422. The van der Waals surface area contributed by atoms with Crippen molar-refractivity contribution in [3.63, 3.8) is 0 Å². The first-order chi connectivity index (χ1) is 16.5. The summed E-state index contributed by atoms with van der Waals surface area (Å²) in [4.78, 5) is 23.9. The van der Waals surface area contributed by atoms with E-state index in [0.717, 1.165) is 28.5 Å². The Balaban J connectivity index is 1.73. The summed E-state index contributed by atoms with van der Waals surface area (Å²) >= 11 is 0.912. The van der Waals surface area contributed by atoms with E-state index in [1.165, 1.54) is 5.56 Å². The number of hydrogen-bond acceptors (Lipinski definition) is 6. The van der Waals surface area contributed by atoms with E-state index in [-0.39, 0.29) is 23.2 Å². The van der Waals surface area contributed by atoms with Crippen LogP contribution in [0.25, 0.3) is 6.08 Å². The van der Waals surface area contributed by atoms with Gasteiger partial charge in [-0.2, -0.15) is 0 Å². The summed E-state index contributed by atoms with van der Waals surface area (Å²) in [6, 6.07) is 23.9. The van der Waals surface area contributed by atoms with Crippen LogP contribution in [-0.4, -0.2) is 25.4 Å². The maximum Gasteiger partial charge on any atom is 0.290 e. The van der Waals surface area contributed by atoms with Gasteiger partial charge in [0.1, 0.15) is 0 Å². The largest absolute Gasteiger partial charge is 0.493 e. The van der Waals surface area contributed by atoms with Gasteiger partial charge in [-0.15, -0.1) is 0 Å². The van der Waals surface area contributed by atoms with Crippen molar-refractivity contribution in [2.75, 3.05) is 14.2 Å². The number of thioether (sulfide) groups is 1. The first-order valence-corrected chi connectivity index (χ1v) is 11.7. The molecule has 34 heavy (non-hydrogen) atoms. The zero-order valence-corrected chi connectivity index (χ0v) is 20.0. The number of carbonyl (C=O) groups is 2. The maximum absolute atomic E-state index is 12.0. The lowest BCUT2D eigenvalue weighted by Gasteiger charge is -2.26. The fourth-order valence-electron chi connectivity index (χ4n) is 3.91. The van der Waals surface area contributed by atoms with Gasteiger partial charge in [-0.1, -0.05) is 54.6 Å². The Hall–Kier alpha value is -3.55. The van der Waals surface area contributed by atoms with Crippen molar-refractivity contribution in [1.29, 1.82) is 0 Å². The molecule has 4 rings (SSSR count). The average molecular weight is 475 g/mol. The molecule has 7 heteroatoms. The third-order valence-corrected chi connectivity index (χ3v) is 6.45. The lowest BCUT2D eigenvalue weighted by atomic mass is 9.95. The third-order valence-electron chi connectivity index (χ3n) is 5.64. The molecule has 0 spiro atoms. The van der Waals surface area contributed by atoms with E-state index in [4.69, 9.17) is 9.47 Å². The molecule has 0 saturated carbocycles. The van der Waals surface area contributed by atoms with Gasteiger partial charge < -0.3 is 9.47 Å². The van der Waals surface area contributed by atoms with Crippen LogP contribution in [0.15, 0.2) is 77.7 Å². The second-order valence-corrected chi connectivity index (χ2v) is 8.88. The average Bonchev–Trinajstić information content (AvgIpc) is 3.18. The number of ether oxygens (including phenoxy) is 2. The highest BCUT2D eigenvalue weighted by molar-refractivity contribution is 8.18. The molecule has 1 saturated heterocycles. The molecule has 1 aliphatic heterocycles. The number of amides is 2. The molecule has 2 amide bonds. The van der Waals surface area contributed by atoms with Crippen LogP contribution in [0.3, 0.4) is 0 Å². The SMILES string of the molecule is COc1ccc(C(N[C@H](C)c2ccccc2)c2cccc(C=C3SC(=O)NC3=O)c2)cc1OC. The van der Waals surface area contributed by atoms with E-state index in [9.17, 15) is 9.59 Å².